The highest BCUT2D eigenvalue weighted by Gasteiger charge is 2.35. The second-order valence-corrected chi connectivity index (χ2v) is 13.0. The molecule has 0 atom stereocenters. The van der Waals surface area contributed by atoms with Gasteiger partial charge in [-0.05, 0) is 43.8 Å². The molecule has 31 heavy (non-hydrogen) atoms. The average Bonchev–Trinajstić information content (AvgIpc) is 3.15. The summed E-state index contributed by atoms with van der Waals surface area (Å²) >= 11 is 0. The van der Waals surface area contributed by atoms with E-state index in [2.05, 4.69) is 134 Å². The summed E-state index contributed by atoms with van der Waals surface area (Å²) in [6.45, 7) is 4.93. The number of benzene rings is 4. The Hall–Kier alpha value is -3.42. The molecule has 4 aromatic carbocycles. The molecule has 0 bridgehead atoms. The van der Waals surface area contributed by atoms with Gasteiger partial charge < -0.3 is 0 Å². The summed E-state index contributed by atoms with van der Waals surface area (Å²) in [5, 5.41) is 3.02. The zero-order valence-electron chi connectivity index (χ0n) is 18.0. The van der Waals surface area contributed by atoms with Crippen molar-refractivity contribution in [3.63, 3.8) is 0 Å². The van der Waals surface area contributed by atoms with Gasteiger partial charge in [0.1, 0.15) is 8.07 Å². The maximum atomic E-state index is 2.47. The minimum Gasteiger partial charge on any atom is -0.0622 e. The molecule has 1 heteroatoms. The highest BCUT2D eigenvalue weighted by atomic mass is 28.3. The van der Waals surface area contributed by atoms with Gasteiger partial charge in [0.25, 0.3) is 0 Å². The largest absolute Gasteiger partial charge is 0.113 e. The maximum absolute atomic E-state index is 2.47. The van der Waals surface area contributed by atoms with Crippen molar-refractivity contribution in [2.75, 3.05) is 0 Å². The molecule has 0 N–H and O–H groups in total. The summed E-state index contributed by atoms with van der Waals surface area (Å²) in [5.41, 5.74) is 7.78. The third kappa shape index (κ3) is 3.73. The molecule has 0 aliphatic carbocycles. The molecule has 0 unspecified atom stereocenters. The van der Waals surface area contributed by atoms with Gasteiger partial charge in [-0.2, -0.15) is 0 Å². The van der Waals surface area contributed by atoms with Crippen molar-refractivity contribution in [2.24, 2.45) is 0 Å². The number of hydrogen-bond acceptors (Lipinski definition) is 0. The standard InChI is InChI=1S/C30H26Si/c1-31(2)29(27-17-13-25(14-18-27)23-9-5-3-6-10-23)21-22-30(31)28-19-15-26(16-20-28)24-11-7-4-8-12-24/h3-22H,1-2H3. The van der Waals surface area contributed by atoms with E-state index in [0.29, 0.717) is 0 Å². The van der Waals surface area contributed by atoms with Gasteiger partial charge in [-0.1, -0.05) is 134 Å². The summed E-state index contributed by atoms with van der Waals surface area (Å²) in [4.78, 5) is 0. The molecule has 5 rings (SSSR count). The van der Waals surface area contributed by atoms with Crippen molar-refractivity contribution in [1.82, 2.24) is 0 Å². The maximum Gasteiger partial charge on any atom is 0.113 e. The fourth-order valence-electron chi connectivity index (χ4n) is 4.59. The third-order valence-corrected chi connectivity index (χ3v) is 9.97. The van der Waals surface area contributed by atoms with Crippen LogP contribution >= 0.6 is 0 Å². The van der Waals surface area contributed by atoms with Gasteiger partial charge in [-0.3, -0.25) is 0 Å². The van der Waals surface area contributed by atoms with Gasteiger partial charge in [-0.15, -0.1) is 0 Å². The summed E-state index contributed by atoms with van der Waals surface area (Å²) in [5.74, 6) is 0. The molecule has 0 nitrogen and oxygen atoms in total. The third-order valence-electron chi connectivity index (χ3n) is 6.37. The Morgan fingerprint density at radius 2 is 0.645 bits per heavy atom. The van der Waals surface area contributed by atoms with E-state index in [-0.39, 0.29) is 0 Å². The molecular formula is C30H26Si. The van der Waals surface area contributed by atoms with E-state index in [0.717, 1.165) is 0 Å². The molecule has 0 spiro atoms. The molecule has 150 valence electrons. The molecule has 0 saturated heterocycles. The van der Waals surface area contributed by atoms with Gasteiger partial charge in [-0.25, -0.2) is 0 Å². The number of hydrogen-bond donors (Lipinski definition) is 0. The van der Waals surface area contributed by atoms with Crippen LogP contribution in [0.2, 0.25) is 13.1 Å². The Morgan fingerprint density at radius 1 is 0.355 bits per heavy atom. The summed E-state index contributed by atoms with van der Waals surface area (Å²) in [6.07, 6.45) is 4.70. The van der Waals surface area contributed by atoms with Gasteiger partial charge in [0.2, 0.25) is 0 Å². The smallest absolute Gasteiger partial charge is 0.0622 e. The number of rotatable bonds is 4. The van der Waals surface area contributed by atoms with Gasteiger partial charge in [0.15, 0.2) is 0 Å². The second-order valence-electron chi connectivity index (χ2n) is 8.67. The Bertz CT molecular complexity index is 1140. The zero-order chi connectivity index (χ0) is 21.3. The first-order valence-electron chi connectivity index (χ1n) is 10.9. The van der Waals surface area contributed by atoms with Gasteiger partial charge >= 0.3 is 0 Å². The lowest BCUT2D eigenvalue weighted by Crippen LogP contribution is -2.28. The predicted octanol–water partition coefficient (Wildman–Crippen LogP) is 8.29. The lowest BCUT2D eigenvalue weighted by atomic mass is 10.0. The molecule has 0 aromatic heterocycles. The van der Waals surface area contributed by atoms with E-state index in [9.17, 15) is 0 Å². The van der Waals surface area contributed by atoms with Crippen LogP contribution in [0.1, 0.15) is 11.1 Å². The lowest BCUT2D eigenvalue weighted by molar-refractivity contribution is 1.58. The lowest BCUT2D eigenvalue weighted by Gasteiger charge is -2.26. The normalized spacial score (nSPS) is 14.8. The monoisotopic (exact) mass is 414 g/mol. The summed E-state index contributed by atoms with van der Waals surface area (Å²) in [7, 11) is -1.75. The van der Waals surface area contributed by atoms with Crippen molar-refractivity contribution in [3.8, 4) is 22.3 Å². The van der Waals surface area contributed by atoms with E-state index in [1.807, 2.05) is 0 Å². The van der Waals surface area contributed by atoms with Crippen molar-refractivity contribution in [3.05, 3.63) is 132 Å². The van der Waals surface area contributed by atoms with Crippen LogP contribution < -0.4 is 0 Å². The van der Waals surface area contributed by atoms with Gasteiger partial charge in [0, 0.05) is 0 Å². The summed E-state index contributed by atoms with van der Waals surface area (Å²) in [6, 6.07) is 39.4. The Kier molecular flexibility index (Phi) is 5.05. The first-order chi connectivity index (χ1) is 15.1. The minimum atomic E-state index is -1.75. The molecule has 4 aromatic rings. The predicted molar refractivity (Wildman–Crippen MR) is 137 cm³/mol. The van der Waals surface area contributed by atoms with Crippen LogP contribution in [0.4, 0.5) is 0 Å². The van der Waals surface area contributed by atoms with E-state index in [4.69, 9.17) is 0 Å². The molecular weight excluding hydrogens is 388 g/mol. The Balaban J connectivity index is 1.39. The van der Waals surface area contributed by atoms with E-state index < -0.39 is 8.07 Å². The highest BCUT2D eigenvalue weighted by molar-refractivity contribution is 7.09. The van der Waals surface area contributed by atoms with Crippen LogP contribution in [0.5, 0.6) is 0 Å². The van der Waals surface area contributed by atoms with Crippen LogP contribution in [0.3, 0.4) is 0 Å². The van der Waals surface area contributed by atoms with E-state index in [1.54, 1.807) is 0 Å². The topological polar surface area (TPSA) is 0 Å². The molecule has 1 heterocycles. The SMILES string of the molecule is C[Si]1(C)C(c2ccc(-c3ccccc3)cc2)=CC=C1c1ccc(-c2ccccc2)cc1. The number of allylic oxidation sites excluding steroid dienone is 2. The quantitative estimate of drug-likeness (QED) is 0.295. The van der Waals surface area contributed by atoms with Crippen molar-refractivity contribution in [2.45, 2.75) is 13.1 Å². The highest BCUT2D eigenvalue weighted by Crippen LogP contribution is 2.42. The van der Waals surface area contributed by atoms with Crippen LogP contribution in [0, 0.1) is 0 Å². The van der Waals surface area contributed by atoms with E-state index in [1.165, 1.54) is 43.8 Å². The first-order valence-corrected chi connectivity index (χ1v) is 13.9. The van der Waals surface area contributed by atoms with Crippen LogP contribution in [0.15, 0.2) is 121 Å². The zero-order valence-corrected chi connectivity index (χ0v) is 19.0. The van der Waals surface area contributed by atoms with Crippen LogP contribution in [-0.2, 0) is 0 Å². The fourth-order valence-corrected chi connectivity index (χ4v) is 7.66. The van der Waals surface area contributed by atoms with Crippen molar-refractivity contribution >= 4 is 18.5 Å². The van der Waals surface area contributed by atoms with E-state index >= 15 is 0 Å². The average molecular weight is 415 g/mol. The molecule has 0 saturated carbocycles. The first kappa shape index (κ1) is 19.5. The molecule has 0 radical (unpaired) electrons. The molecule has 1 aliphatic heterocycles. The molecule has 0 amide bonds. The molecule has 0 fully saturated rings. The van der Waals surface area contributed by atoms with Crippen LogP contribution in [-0.4, -0.2) is 8.07 Å². The fraction of sp³-hybridized carbons (Fsp3) is 0.0667. The minimum absolute atomic E-state index is 1.27. The van der Waals surface area contributed by atoms with Crippen molar-refractivity contribution in [1.29, 1.82) is 0 Å². The van der Waals surface area contributed by atoms with Crippen molar-refractivity contribution < 1.29 is 0 Å². The van der Waals surface area contributed by atoms with Crippen LogP contribution in [0.25, 0.3) is 32.6 Å². The second kappa shape index (κ2) is 8.01. The van der Waals surface area contributed by atoms with Gasteiger partial charge in [0.05, 0.1) is 0 Å². The summed E-state index contributed by atoms with van der Waals surface area (Å²) < 4.78 is 0. The molecule has 1 aliphatic rings. The Morgan fingerprint density at radius 3 is 1.00 bits per heavy atom. The Labute approximate surface area is 186 Å².